The van der Waals surface area contributed by atoms with Crippen LogP contribution >= 0.6 is 0 Å². The topological polar surface area (TPSA) is 35.5 Å². The van der Waals surface area contributed by atoms with Crippen LogP contribution in [0, 0.1) is 0 Å². The van der Waals surface area contributed by atoms with Crippen molar-refractivity contribution >= 4 is 5.97 Å². The first-order chi connectivity index (χ1) is 11.2. The van der Waals surface area contributed by atoms with Crippen molar-refractivity contribution in [2.75, 3.05) is 13.2 Å². The fourth-order valence-electron chi connectivity index (χ4n) is 3.03. The summed E-state index contributed by atoms with van der Waals surface area (Å²) in [6.45, 7) is 6.76. The van der Waals surface area contributed by atoms with Crippen LogP contribution in [0.2, 0.25) is 0 Å². The Bertz CT molecular complexity index is 317. The molecule has 3 nitrogen and oxygen atoms in total. The fraction of sp³-hybridized carbons (Fsp3) is 0.850. The second kappa shape index (κ2) is 13.6. The van der Waals surface area contributed by atoms with Crippen molar-refractivity contribution in [2.24, 2.45) is 0 Å². The summed E-state index contributed by atoms with van der Waals surface area (Å²) in [5, 5.41) is 0. The molecule has 0 bridgehead atoms. The molecule has 0 aromatic heterocycles. The molecule has 3 heteroatoms. The van der Waals surface area contributed by atoms with Crippen LogP contribution in [0.5, 0.6) is 0 Å². The van der Waals surface area contributed by atoms with Crippen LogP contribution in [-0.4, -0.2) is 25.3 Å². The lowest BCUT2D eigenvalue weighted by Crippen LogP contribution is -2.15. The van der Waals surface area contributed by atoms with Gasteiger partial charge in [-0.2, -0.15) is 0 Å². The van der Waals surface area contributed by atoms with Crippen molar-refractivity contribution in [3.63, 3.8) is 0 Å². The number of rotatable bonds is 11. The lowest BCUT2D eigenvalue weighted by molar-refractivity contribution is -0.139. The highest BCUT2D eigenvalue weighted by molar-refractivity contribution is 5.86. The standard InChI is InChI=1S/C20H36O3/c1-18(2)20(21)23-17-13-8-5-3-4-6-10-14-19-15-11-7-9-12-16-22-19/h19H,1,3-17H2,2H3. The summed E-state index contributed by atoms with van der Waals surface area (Å²) < 4.78 is 11.0. The van der Waals surface area contributed by atoms with E-state index in [-0.39, 0.29) is 5.97 Å². The third-order valence-electron chi connectivity index (χ3n) is 4.53. The third-order valence-corrected chi connectivity index (χ3v) is 4.53. The molecular formula is C20H36O3. The van der Waals surface area contributed by atoms with Gasteiger partial charge < -0.3 is 9.47 Å². The number of hydrogen-bond donors (Lipinski definition) is 0. The van der Waals surface area contributed by atoms with Gasteiger partial charge in [0.2, 0.25) is 0 Å². The van der Waals surface area contributed by atoms with Crippen molar-refractivity contribution < 1.29 is 14.3 Å². The molecule has 134 valence electrons. The Labute approximate surface area is 142 Å². The Morgan fingerprint density at radius 1 is 1.00 bits per heavy atom. The van der Waals surface area contributed by atoms with Crippen molar-refractivity contribution in [3.8, 4) is 0 Å². The quantitative estimate of drug-likeness (QED) is 0.283. The van der Waals surface area contributed by atoms with E-state index in [1.54, 1.807) is 6.92 Å². The second-order valence-corrected chi connectivity index (χ2v) is 6.88. The third kappa shape index (κ3) is 11.4. The van der Waals surface area contributed by atoms with Crippen molar-refractivity contribution in [1.82, 2.24) is 0 Å². The highest BCUT2D eigenvalue weighted by Gasteiger charge is 2.10. The number of unbranched alkanes of at least 4 members (excludes halogenated alkanes) is 6. The number of ether oxygens (including phenoxy) is 2. The first kappa shape index (κ1) is 20.2. The van der Waals surface area contributed by atoms with Gasteiger partial charge in [0.15, 0.2) is 0 Å². The Hall–Kier alpha value is -0.830. The lowest BCUT2D eigenvalue weighted by Gasteiger charge is -2.20. The maximum atomic E-state index is 11.2. The molecule has 1 fully saturated rings. The summed E-state index contributed by atoms with van der Waals surface area (Å²) in [4.78, 5) is 11.2. The Balaban J connectivity index is 1.84. The van der Waals surface area contributed by atoms with Crippen LogP contribution in [0.15, 0.2) is 12.2 Å². The zero-order chi connectivity index (χ0) is 16.8. The van der Waals surface area contributed by atoms with Crippen molar-refractivity contribution in [2.45, 2.75) is 96.5 Å². The minimum absolute atomic E-state index is 0.263. The molecule has 0 N–H and O–H groups in total. The Morgan fingerprint density at radius 3 is 2.39 bits per heavy atom. The normalized spacial score (nSPS) is 18.9. The van der Waals surface area contributed by atoms with Gasteiger partial charge in [0.25, 0.3) is 0 Å². The summed E-state index contributed by atoms with van der Waals surface area (Å²) >= 11 is 0. The van der Waals surface area contributed by atoms with Gasteiger partial charge in [0.05, 0.1) is 12.7 Å². The Morgan fingerprint density at radius 2 is 1.65 bits per heavy atom. The minimum Gasteiger partial charge on any atom is -0.462 e. The van der Waals surface area contributed by atoms with Crippen LogP contribution in [0.1, 0.15) is 90.4 Å². The van der Waals surface area contributed by atoms with Gasteiger partial charge >= 0.3 is 5.97 Å². The van der Waals surface area contributed by atoms with Crippen LogP contribution in [0.25, 0.3) is 0 Å². The average Bonchev–Trinajstić information content (AvgIpc) is 2.50. The van der Waals surface area contributed by atoms with Gasteiger partial charge in [-0.25, -0.2) is 4.79 Å². The van der Waals surface area contributed by atoms with Crippen molar-refractivity contribution in [1.29, 1.82) is 0 Å². The van der Waals surface area contributed by atoms with Crippen molar-refractivity contribution in [3.05, 3.63) is 12.2 Å². The van der Waals surface area contributed by atoms with E-state index >= 15 is 0 Å². The highest BCUT2D eigenvalue weighted by atomic mass is 16.5. The molecule has 0 amide bonds. The number of esters is 1. The van der Waals surface area contributed by atoms with Gasteiger partial charge in [0, 0.05) is 12.2 Å². The minimum atomic E-state index is -0.263. The molecule has 1 aliphatic rings. The lowest BCUT2D eigenvalue weighted by atomic mass is 10.0. The van der Waals surface area contributed by atoms with E-state index in [1.807, 2.05) is 0 Å². The summed E-state index contributed by atoms with van der Waals surface area (Å²) in [6, 6.07) is 0. The van der Waals surface area contributed by atoms with Crippen LogP contribution in [-0.2, 0) is 14.3 Å². The van der Waals surface area contributed by atoms with E-state index in [4.69, 9.17) is 9.47 Å². The van der Waals surface area contributed by atoms with Crippen LogP contribution in [0.4, 0.5) is 0 Å². The van der Waals surface area contributed by atoms with Crippen LogP contribution in [0.3, 0.4) is 0 Å². The smallest absolute Gasteiger partial charge is 0.333 e. The molecule has 1 saturated heterocycles. The number of carbonyl (C=O) groups is 1. The SMILES string of the molecule is C=C(C)C(=O)OCCCCCCCCCC1CCCCCCO1. The molecule has 23 heavy (non-hydrogen) atoms. The van der Waals surface area contributed by atoms with E-state index in [2.05, 4.69) is 6.58 Å². The van der Waals surface area contributed by atoms with E-state index < -0.39 is 0 Å². The van der Waals surface area contributed by atoms with Gasteiger partial charge in [-0.05, 0) is 32.6 Å². The Kier molecular flexibility index (Phi) is 11.9. The fourth-order valence-corrected chi connectivity index (χ4v) is 3.03. The summed E-state index contributed by atoms with van der Waals surface area (Å²) in [7, 11) is 0. The van der Waals surface area contributed by atoms with E-state index in [9.17, 15) is 4.79 Å². The summed E-state index contributed by atoms with van der Waals surface area (Å²) in [6.07, 6.45) is 17.0. The summed E-state index contributed by atoms with van der Waals surface area (Å²) in [5.41, 5.74) is 0.485. The molecule has 0 aromatic carbocycles. The monoisotopic (exact) mass is 324 g/mol. The second-order valence-electron chi connectivity index (χ2n) is 6.88. The van der Waals surface area contributed by atoms with Gasteiger partial charge in [0.1, 0.15) is 0 Å². The number of carbonyl (C=O) groups excluding carboxylic acids is 1. The molecule has 0 aliphatic carbocycles. The highest BCUT2D eigenvalue weighted by Crippen LogP contribution is 2.18. The molecule has 1 aliphatic heterocycles. The first-order valence-corrected chi connectivity index (χ1v) is 9.64. The molecule has 1 unspecified atom stereocenters. The predicted molar refractivity (Wildman–Crippen MR) is 95.5 cm³/mol. The van der Waals surface area contributed by atoms with E-state index in [1.165, 1.54) is 70.6 Å². The van der Waals surface area contributed by atoms with E-state index in [0.29, 0.717) is 18.3 Å². The van der Waals surface area contributed by atoms with E-state index in [0.717, 1.165) is 19.4 Å². The molecule has 0 aromatic rings. The first-order valence-electron chi connectivity index (χ1n) is 9.64. The maximum Gasteiger partial charge on any atom is 0.333 e. The average molecular weight is 325 g/mol. The van der Waals surface area contributed by atoms with Crippen LogP contribution < -0.4 is 0 Å². The molecule has 1 rings (SSSR count). The molecule has 0 radical (unpaired) electrons. The van der Waals surface area contributed by atoms with Gasteiger partial charge in [-0.3, -0.25) is 0 Å². The van der Waals surface area contributed by atoms with Gasteiger partial charge in [-0.15, -0.1) is 0 Å². The largest absolute Gasteiger partial charge is 0.462 e. The molecule has 0 saturated carbocycles. The zero-order valence-electron chi connectivity index (χ0n) is 15.1. The molecule has 1 atom stereocenters. The number of hydrogen-bond acceptors (Lipinski definition) is 3. The van der Waals surface area contributed by atoms with Gasteiger partial charge in [-0.1, -0.05) is 64.4 Å². The molecule has 1 heterocycles. The predicted octanol–water partition coefficient (Wildman–Crippen LogP) is 5.58. The summed E-state index contributed by atoms with van der Waals surface area (Å²) in [5.74, 6) is -0.263. The maximum absolute atomic E-state index is 11.2. The zero-order valence-corrected chi connectivity index (χ0v) is 15.1. The molecule has 0 spiro atoms. The molecular weight excluding hydrogens is 288 g/mol.